The third-order valence-corrected chi connectivity index (χ3v) is 2.58. The predicted octanol–water partition coefficient (Wildman–Crippen LogP) is 1.89. The Morgan fingerprint density at radius 3 is 2.50 bits per heavy atom. The SMILES string of the molecule is CNCc1ccc(OCC(=O)N(C)C)c(C(F)(F)F)c1. The van der Waals surface area contributed by atoms with Crippen molar-refractivity contribution in [2.24, 2.45) is 0 Å². The molecule has 0 aliphatic rings. The van der Waals surface area contributed by atoms with Crippen molar-refractivity contribution >= 4 is 5.91 Å². The summed E-state index contributed by atoms with van der Waals surface area (Å²) in [6.07, 6.45) is -4.53. The van der Waals surface area contributed by atoms with Crippen LogP contribution in [0, 0.1) is 0 Å². The van der Waals surface area contributed by atoms with Crippen LogP contribution in [-0.4, -0.2) is 38.6 Å². The second kappa shape index (κ2) is 6.60. The molecule has 0 saturated heterocycles. The molecule has 20 heavy (non-hydrogen) atoms. The summed E-state index contributed by atoms with van der Waals surface area (Å²) in [4.78, 5) is 12.6. The molecule has 0 heterocycles. The first kappa shape index (κ1) is 16.3. The van der Waals surface area contributed by atoms with Crippen LogP contribution in [0.5, 0.6) is 5.75 Å². The van der Waals surface area contributed by atoms with Gasteiger partial charge in [-0.25, -0.2) is 0 Å². The highest BCUT2D eigenvalue weighted by Crippen LogP contribution is 2.36. The lowest BCUT2D eigenvalue weighted by Crippen LogP contribution is -2.28. The third-order valence-electron chi connectivity index (χ3n) is 2.58. The molecule has 1 rings (SSSR count). The van der Waals surface area contributed by atoms with E-state index in [1.807, 2.05) is 0 Å². The number of nitrogens with one attached hydrogen (secondary N) is 1. The van der Waals surface area contributed by atoms with Gasteiger partial charge in [-0.1, -0.05) is 6.07 Å². The summed E-state index contributed by atoms with van der Waals surface area (Å²) in [7, 11) is 4.66. The Morgan fingerprint density at radius 1 is 1.35 bits per heavy atom. The summed E-state index contributed by atoms with van der Waals surface area (Å²) in [5.41, 5.74) is -0.386. The number of carbonyl (C=O) groups is 1. The molecule has 0 radical (unpaired) electrons. The van der Waals surface area contributed by atoms with Gasteiger partial charge in [0.15, 0.2) is 6.61 Å². The number of hydrogen-bond acceptors (Lipinski definition) is 3. The van der Waals surface area contributed by atoms with Crippen molar-refractivity contribution in [1.29, 1.82) is 0 Å². The van der Waals surface area contributed by atoms with Gasteiger partial charge in [-0.3, -0.25) is 4.79 Å². The van der Waals surface area contributed by atoms with Gasteiger partial charge in [-0.15, -0.1) is 0 Å². The van der Waals surface area contributed by atoms with Crippen LogP contribution >= 0.6 is 0 Å². The number of hydrogen-bond donors (Lipinski definition) is 1. The zero-order chi connectivity index (χ0) is 15.3. The molecule has 0 saturated carbocycles. The first-order valence-corrected chi connectivity index (χ1v) is 5.93. The van der Waals surface area contributed by atoms with Gasteiger partial charge in [0.2, 0.25) is 0 Å². The maximum absolute atomic E-state index is 13.0. The maximum atomic E-state index is 13.0. The molecule has 1 N–H and O–H groups in total. The van der Waals surface area contributed by atoms with Crippen LogP contribution in [0.2, 0.25) is 0 Å². The van der Waals surface area contributed by atoms with Crippen molar-refractivity contribution in [2.75, 3.05) is 27.7 Å². The minimum Gasteiger partial charge on any atom is -0.483 e. The fourth-order valence-corrected chi connectivity index (χ4v) is 1.51. The average molecular weight is 290 g/mol. The number of carbonyl (C=O) groups excluding carboxylic acids is 1. The molecule has 112 valence electrons. The van der Waals surface area contributed by atoms with Crippen LogP contribution in [-0.2, 0) is 17.5 Å². The standard InChI is InChI=1S/C13H17F3N2O2/c1-17-7-9-4-5-11(10(6-9)13(14,15)16)20-8-12(19)18(2)3/h4-6,17H,7-8H2,1-3H3. The van der Waals surface area contributed by atoms with Gasteiger partial charge in [0.1, 0.15) is 5.75 Å². The molecule has 0 atom stereocenters. The van der Waals surface area contributed by atoms with Gasteiger partial charge < -0.3 is 15.0 Å². The lowest BCUT2D eigenvalue weighted by Gasteiger charge is -2.16. The molecule has 0 spiro atoms. The summed E-state index contributed by atoms with van der Waals surface area (Å²) >= 11 is 0. The Bertz CT molecular complexity index is 473. The third kappa shape index (κ3) is 4.41. The minimum atomic E-state index is -4.53. The molecule has 0 fully saturated rings. The maximum Gasteiger partial charge on any atom is 0.419 e. The fraction of sp³-hybridized carbons (Fsp3) is 0.462. The summed E-state index contributed by atoms with van der Waals surface area (Å²) < 4.78 is 43.9. The number of likely N-dealkylation sites (N-methyl/N-ethyl adjacent to an activating group) is 1. The Morgan fingerprint density at radius 2 is 2.00 bits per heavy atom. The highest BCUT2D eigenvalue weighted by molar-refractivity contribution is 5.77. The van der Waals surface area contributed by atoms with Gasteiger partial charge >= 0.3 is 6.18 Å². The Balaban J connectivity index is 2.97. The van der Waals surface area contributed by atoms with Crippen LogP contribution in [0.4, 0.5) is 13.2 Å². The van der Waals surface area contributed by atoms with E-state index in [0.29, 0.717) is 12.1 Å². The van der Waals surface area contributed by atoms with Crippen LogP contribution in [0.15, 0.2) is 18.2 Å². The monoisotopic (exact) mass is 290 g/mol. The lowest BCUT2D eigenvalue weighted by molar-refractivity contribution is -0.140. The summed E-state index contributed by atoms with van der Waals surface area (Å²) in [5.74, 6) is -0.745. The van der Waals surface area contributed by atoms with Crippen LogP contribution < -0.4 is 10.1 Å². The highest BCUT2D eigenvalue weighted by Gasteiger charge is 2.34. The van der Waals surface area contributed by atoms with E-state index in [9.17, 15) is 18.0 Å². The number of halogens is 3. The van der Waals surface area contributed by atoms with E-state index in [-0.39, 0.29) is 5.75 Å². The van der Waals surface area contributed by atoms with E-state index in [2.05, 4.69) is 5.32 Å². The minimum absolute atomic E-state index is 0.319. The molecule has 1 aromatic rings. The molecular weight excluding hydrogens is 273 g/mol. The van der Waals surface area contributed by atoms with Crippen LogP contribution in [0.3, 0.4) is 0 Å². The quantitative estimate of drug-likeness (QED) is 0.900. The van der Waals surface area contributed by atoms with E-state index in [4.69, 9.17) is 4.74 Å². The van der Waals surface area contributed by atoms with Crippen molar-refractivity contribution in [3.8, 4) is 5.75 Å². The van der Waals surface area contributed by atoms with Gasteiger partial charge in [-0.2, -0.15) is 13.2 Å². The van der Waals surface area contributed by atoms with Gasteiger partial charge in [0.25, 0.3) is 5.91 Å². The first-order chi connectivity index (χ1) is 9.25. The number of alkyl halides is 3. The van der Waals surface area contributed by atoms with Crippen molar-refractivity contribution < 1.29 is 22.7 Å². The average Bonchev–Trinajstić information content (AvgIpc) is 2.35. The van der Waals surface area contributed by atoms with Crippen molar-refractivity contribution in [3.05, 3.63) is 29.3 Å². The van der Waals surface area contributed by atoms with Crippen LogP contribution in [0.1, 0.15) is 11.1 Å². The second-order valence-corrected chi connectivity index (χ2v) is 4.44. The van der Waals surface area contributed by atoms with Gasteiger partial charge in [-0.05, 0) is 24.7 Å². The zero-order valence-electron chi connectivity index (χ0n) is 11.5. The molecule has 0 aromatic heterocycles. The predicted molar refractivity (Wildman–Crippen MR) is 68.4 cm³/mol. The van der Waals surface area contributed by atoms with Crippen molar-refractivity contribution in [1.82, 2.24) is 10.2 Å². The summed E-state index contributed by atoms with van der Waals surface area (Å²) in [5, 5.41) is 2.78. The summed E-state index contributed by atoms with van der Waals surface area (Å²) in [6, 6.07) is 3.78. The second-order valence-electron chi connectivity index (χ2n) is 4.44. The van der Waals surface area contributed by atoms with Gasteiger partial charge in [0.05, 0.1) is 5.56 Å². The van der Waals surface area contributed by atoms with E-state index >= 15 is 0 Å². The smallest absolute Gasteiger partial charge is 0.419 e. The number of rotatable bonds is 5. The molecular formula is C13H17F3N2O2. The first-order valence-electron chi connectivity index (χ1n) is 5.93. The number of benzene rings is 1. The molecule has 0 aliphatic carbocycles. The van der Waals surface area contributed by atoms with Crippen LogP contribution in [0.25, 0.3) is 0 Å². The Labute approximate surface area is 115 Å². The lowest BCUT2D eigenvalue weighted by atomic mass is 10.1. The fourth-order valence-electron chi connectivity index (χ4n) is 1.51. The van der Waals surface area contributed by atoms with Crippen molar-refractivity contribution in [3.63, 3.8) is 0 Å². The normalized spacial score (nSPS) is 11.3. The topological polar surface area (TPSA) is 41.6 Å². The molecule has 1 amide bonds. The molecule has 0 aliphatic heterocycles. The van der Waals surface area contributed by atoms with E-state index in [1.54, 1.807) is 7.05 Å². The number of amides is 1. The summed E-state index contributed by atoms with van der Waals surface area (Å²) in [6.45, 7) is -0.110. The highest BCUT2D eigenvalue weighted by atomic mass is 19.4. The molecule has 4 nitrogen and oxygen atoms in total. The number of nitrogens with zero attached hydrogens (tertiary/aromatic N) is 1. The number of ether oxygens (including phenoxy) is 1. The van der Waals surface area contributed by atoms with E-state index in [0.717, 1.165) is 6.07 Å². The molecule has 0 unspecified atom stereocenters. The van der Waals surface area contributed by atoms with Gasteiger partial charge in [0, 0.05) is 20.6 Å². The largest absolute Gasteiger partial charge is 0.483 e. The Hall–Kier alpha value is -1.76. The van der Waals surface area contributed by atoms with Crippen molar-refractivity contribution in [2.45, 2.75) is 12.7 Å². The zero-order valence-corrected chi connectivity index (χ0v) is 11.5. The van der Waals surface area contributed by atoms with E-state index in [1.165, 1.54) is 31.1 Å². The van der Waals surface area contributed by atoms with E-state index < -0.39 is 24.3 Å². The molecule has 1 aromatic carbocycles. The molecule has 7 heteroatoms. The molecule has 0 bridgehead atoms. The Kier molecular flexibility index (Phi) is 5.38.